The molecule has 146 valence electrons. The minimum absolute atomic E-state index is 0.109. The number of nitrogens with one attached hydrogen (secondary N) is 2. The first kappa shape index (κ1) is 19.2. The molecule has 10 nitrogen and oxygen atoms in total. The zero-order valence-electron chi connectivity index (χ0n) is 15.3. The van der Waals surface area contributed by atoms with Crippen molar-refractivity contribution in [3.05, 3.63) is 58.7 Å². The average molecular weight is 386 g/mol. The van der Waals surface area contributed by atoms with Gasteiger partial charge in [0.25, 0.3) is 23.4 Å². The number of quaternary nitrogens is 1. The SMILES string of the molecule is CCC[NH+](CC(=O)Nc1ccccc1[N+](=O)[O-])Cc1nnc(-c2ccco2)o1. The third-order valence-corrected chi connectivity index (χ3v) is 3.99. The molecule has 3 rings (SSSR count). The number of hydrogen-bond donors (Lipinski definition) is 2. The normalized spacial score (nSPS) is 11.9. The molecule has 1 atom stereocenters. The van der Waals surface area contributed by atoms with Gasteiger partial charge in [-0.2, -0.15) is 0 Å². The molecule has 10 heteroatoms. The monoisotopic (exact) mass is 386 g/mol. The topological polar surface area (TPSA) is 129 Å². The first-order valence-electron chi connectivity index (χ1n) is 8.80. The molecule has 1 unspecified atom stereocenters. The lowest BCUT2D eigenvalue weighted by atomic mass is 10.2. The van der Waals surface area contributed by atoms with E-state index in [-0.39, 0.29) is 29.7 Å². The van der Waals surface area contributed by atoms with Crippen LogP contribution in [-0.2, 0) is 11.3 Å². The van der Waals surface area contributed by atoms with Crippen molar-refractivity contribution in [1.82, 2.24) is 10.2 Å². The van der Waals surface area contributed by atoms with Crippen LogP contribution in [0, 0.1) is 10.1 Å². The molecule has 0 spiro atoms. The molecule has 2 aromatic heterocycles. The van der Waals surface area contributed by atoms with E-state index in [1.807, 2.05) is 6.92 Å². The maximum absolute atomic E-state index is 12.4. The number of rotatable bonds is 9. The van der Waals surface area contributed by atoms with Crippen LogP contribution in [0.2, 0.25) is 0 Å². The van der Waals surface area contributed by atoms with Gasteiger partial charge in [-0.05, 0) is 24.6 Å². The number of nitrogens with zero attached hydrogens (tertiary/aromatic N) is 3. The predicted molar refractivity (Wildman–Crippen MR) is 98.4 cm³/mol. The summed E-state index contributed by atoms with van der Waals surface area (Å²) >= 11 is 0. The van der Waals surface area contributed by atoms with Crippen LogP contribution in [0.15, 0.2) is 51.5 Å². The van der Waals surface area contributed by atoms with Crippen LogP contribution in [0.3, 0.4) is 0 Å². The maximum atomic E-state index is 12.4. The van der Waals surface area contributed by atoms with Crippen molar-refractivity contribution in [2.45, 2.75) is 19.9 Å². The number of benzene rings is 1. The third kappa shape index (κ3) is 4.80. The molecule has 2 heterocycles. The van der Waals surface area contributed by atoms with Gasteiger partial charge in [-0.1, -0.05) is 19.1 Å². The first-order chi connectivity index (χ1) is 13.6. The number of nitro benzene ring substituents is 1. The molecule has 2 N–H and O–H groups in total. The zero-order valence-corrected chi connectivity index (χ0v) is 15.3. The molecule has 1 aromatic carbocycles. The number of nitro groups is 1. The molecule has 0 aliphatic heterocycles. The van der Waals surface area contributed by atoms with Crippen molar-refractivity contribution >= 4 is 17.3 Å². The summed E-state index contributed by atoms with van der Waals surface area (Å²) in [5.74, 6) is 0.807. The number of carbonyl (C=O) groups excluding carboxylic acids is 1. The van der Waals surface area contributed by atoms with Crippen molar-refractivity contribution in [2.75, 3.05) is 18.4 Å². The molecule has 0 fully saturated rings. The summed E-state index contributed by atoms with van der Waals surface area (Å²) in [4.78, 5) is 23.9. The number of para-hydroxylation sites is 2. The van der Waals surface area contributed by atoms with Gasteiger partial charge >= 0.3 is 0 Å². The van der Waals surface area contributed by atoms with Crippen molar-refractivity contribution in [1.29, 1.82) is 0 Å². The van der Waals surface area contributed by atoms with Gasteiger partial charge in [0.2, 0.25) is 0 Å². The quantitative estimate of drug-likeness (QED) is 0.423. The maximum Gasteiger partial charge on any atom is 0.292 e. The Morgan fingerprint density at radius 1 is 1.25 bits per heavy atom. The van der Waals surface area contributed by atoms with E-state index < -0.39 is 4.92 Å². The van der Waals surface area contributed by atoms with Gasteiger partial charge in [0.05, 0.1) is 17.7 Å². The van der Waals surface area contributed by atoms with E-state index in [9.17, 15) is 14.9 Å². The number of anilines is 1. The van der Waals surface area contributed by atoms with Crippen LogP contribution >= 0.6 is 0 Å². The fourth-order valence-corrected chi connectivity index (χ4v) is 2.79. The first-order valence-corrected chi connectivity index (χ1v) is 8.80. The Morgan fingerprint density at radius 3 is 2.79 bits per heavy atom. The van der Waals surface area contributed by atoms with Crippen LogP contribution in [0.1, 0.15) is 19.2 Å². The van der Waals surface area contributed by atoms with Crippen LogP contribution in [0.4, 0.5) is 11.4 Å². The van der Waals surface area contributed by atoms with E-state index in [0.29, 0.717) is 24.7 Å². The highest BCUT2D eigenvalue weighted by molar-refractivity contribution is 5.93. The fourth-order valence-electron chi connectivity index (χ4n) is 2.79. The highest BCUT2D eigenvalue weighted by Crippen LogP contribution is 2.22. The number of amides is 1. The predicted octanol–water partition coefficient (Wildman–Crippen LogP) is 1.67. The Hall–Kier alpha value is -3.53. The number of carbonyl (C=O) groups is 1. The van der Waals surface area contributed by atoms with Crippen LogP contribution in [0.5, 0.6) is 0 Å². The molecular weight excluding hydrogens is 366 g/mol. The zero-order chi connectivity index (χ0) is 19.9. The van der Waals surface area contributed by atoms with Gasteiger partial charge in [-0.25, -0.2) is 0 Å². The lowest BCUT2D eigenvalue weighted by Crippen LogP contribution is -3.11. The lowest BCUT2D eigenvalue weighted by molar-refractivity contribution is -0.907. The minimum atomic E-state index is -0.527. The van der Waals surface area contributed by atoms with Crippen LogP contribution in [-0.4, -0.2) is 34.1 Å². The van der Waals surface area contributed by atoms with Crippen molar-refractivity contribution in [3.8, 4) is 11.7 Å². The summed E-state index contributed by atoms with van der Waals surface area (Å²) in [6, 6.07) is 9.47. The summed E-state index contributed by atoms with van der Waals surface area (Å²) in [7, 11) is 0. The molecule has 0 saturated carbocycles. The van der Waals surface area contributed by atoms with Gasteiger partial charge in [0, 0.05) is 6.07 Å². The number of furan rings is 1. The van der Waals surface area contributed by atoms with Gasteiger partial charge in [-0.15, -0.1) is 10.2 Å². The van der Waals surface area contributed by atoms with Gasteiger partial charge < -0.3 is 19.1 Å². The van der Waals surface area contributed by atoms with Crippen LogP contribution in [0.25, 0.3) is 11.7 Å². The van der Waals surface area contributed by atoms with E-state index in [2.05, 4.69) is 15.5 Å². The smallest absolute Gasteiger partial charge is 0.292 e. The molecule has 28 heavy (non-hydrogen) atoms. The van der Waals surface area contributed by atoms with Gasteiger partial charge in [-0.3, -0.25) is 14.9 Å². The largest absolute Gasteiger partial charge is 0.459 e. The fraction of sp³-hybridized carbons (Fsp3) is 0.278. The standard InChI is InChI=1S/C18H19N5O5/c1-2-9-22(12-17-20-21-18(28-17)15-8-5-10-27-15)11-16(24)19-13-6-3-4-7-14(13)23(25)26/h3-8,10H,2,9,11-12H2,1H3,(H,19,24)/p+1. The molecule has 0 aliphatic carbocycles. The number of aromatic nitrogens is 2. The summed E-state index contributed by atoms with van der Waals surface area (Å²) in [5.41, 5.74) is 0.0270. The van der Waals surface area contributed by atoms with Crippen LogP contribution < -0.4 is 10.2 Å². The van der Waals surface area contributed by atoms with E-state index in [1.54, 1.807) is 24.3 Å². The lowest BCUT2D eigenvalue weighted by Gasteiger charge is -2.16. The molecule has 0 saturated heterocycles. The second kappa shape index (κ2) is 8.91. The molecule has 0 bridgehead atoms. The highest BCUT2D eigenvalue weighted by Gasteiger charge is 2.21. The summed E-state index contributed by atoms with van der Waals surface area (Å²) in [6.45, 7) is 3.16. The molecule has 3 aromatic rings. The Morgan fingerprint density at radius 2 is 2.07 bits per heavy atom. The molecular formula is C18H20N5O5+. The van der Waals surface area contributed by atoms with Gasteiger partial charge in [0.1, 0.15) is 5.69 Å². The Bertz CT molecular complexity index is 938. The van der Waals surface area contributed by atoms with Crippen molar-refractivity contribution < 1.29 is 23.5 Å². The molecule has 1 amide bonds. The minimum Gasteiger partial charge on any atom is -0.459 e. The second-order valence-corrected chi connectivity index (χ2v) is 6.15. The van der Waals surface area contributed by atoms with Crippen molar-refractivity contribution in [2.24, 2.45) is 0 Å². The molecule has 0 radical (unpaired) electrons. The third-order valence-electron chi connectivity index (χ3n) is 3.99. The van der Waals surface area contributed by atoms with Crippen molar-refractivity contribution in [3.63, 3.8) is 0 Å². The summed E-state index contributed by atoms with van der Waals surface area (Å²) < 4.78 is 10.8. The second-order valence-electron chi connectivity index (χ2n) is 6.15. The molecule has 0 aliphatic rings. The summed E-state index contributed by atoms with van der Waals surface area (Å²) in [5, 5.41) is 21.6. The highest BCUT2D eigenvalue weighted by atomic mass is 16.6. The van der Waals surface area contributed by atoms with E-state index in [4.69, 9.17) is 8.83 Å². The van der Waals surface area contributed by atoms with Gasteiger partial charge in [0.15, 0.2) is 18.8 Å². The average Bonchev–Trinajstić information content (AvgIpc) is 3.33. The van der Waals surface area contributed by atoms with E-state index in [0.717, 1.165) is 11.3 Å². The summed E-state index contributed by atoms with van der Waals surface area (Å²) in [6.07, 6.45) is 2.36. The Kier molecular flexibility index (Phi) is 6.12. The Balaban J connectivity index is 1.64. The van der Waals surface area contributed by atoms with E-state index in [1.165, 1.54) is 18.4 Å². The van der Waals surface area contributed by atoms with E-state index >= 15 is 0 Å². The number of hydrogen-bond acceptors (Lipinski definition) is 7. The Labute approximate surface area is 160 Å².